The second kappa shape index (κ2) is 9.34. The molecule has 0 aliphatic carbocycles. The quantitative estimate of drug-likeness (QED) is 0.678. The molecule has 0 bridgehead atoms. The Morgan fingerprint density at radius 1 is 1.35 bits per heavy atom. The summed E-state index contributed by atoms with van der Waals surface area (Å²) in [5, 5.41) is 6.05. The lowest BCUT2D eigenvalue weighted by Gasteiger charge is -2.13. The number of amides is 1. The van der Waals surface area contributed by atoms with Gasteiger partial charge in [-0.25, -0.2) is 0 Å². The van der Waals surface area contributed by atoms with Crippen molar-refractivity contribution in [1.82, 2.24) is 5.32 Å². The number of hydrogen-bond acceptors (Lipinski definition) is 4. The molecule has 0 radical (unpaired) electrons. The smallest absolute Gasteiger partial charge is 0.228 e. The van der Waals surface area contributed by atoms with E-state index in [0.717, 1.165) is 18.0 Å². The van der Waals surface area contributed by atoms with Crippen molar-refractivity contribution in [3.8, 4) is 5.75 Å². The summed E-state index contributed by atoms with van der Waals surface area (Å²) in [5.41, 5.74) is 0.744. The maximum absolute atomic E-state index is 12.0. The van der Waals surface area contributed by atoms with Gasteiger partial charge in [0.25, 0.3) is 0 Å². The molecule has 0 saturated carbocycles. The number of carbonyl (C=O) groups is 1. The van der Waals surface area contributed by atoms with Crippen LogP contribution in [0.3, 0.4) is 0 Å². The van der Waals surface area contributed by atoms with Gasteiger partial charge < -0.3 is 20.1 Å². The zero-order valence-electron chi connectivity index (χ0n) is 12.4. The van der Waals surface area contributed by atoms with Crippen molar-refractivity contribution >= 4 is 11.6 Å². The number of ether oxygens (including phenoxy) is 2. The van der Waals surface area contributed by atoms with Gasteiger partial charge in [-0.05, 0) is 18.7 Å². The number of benzene rings is 1. The SMILES string of the molecule is CCNCC(C)C(=O)Nc1cccc(OCCOC)c1. The summed E-state index contributed by atoms with van der Waals surface area (Å²) in [6, 6.07) is 7.37. The molecule has 0 spiro atoms. The fourth-order valence-corrected chi connectivity index (χ4v) is 1.63. The van der Waals surface area contributed by atoms with E-state index in [2.05, 4.69) is 10.6 Å². The summed E-state index contributed by atoms with van der Waals surface area (Å²) in [5.74, 6) is 0.646. The second-order valence-electron chi connectivity index (χ2n) is 4.57. The van der Waals surface area contributed by atoms with Gasteiger partial charge in [0.1, 0.15) is 12.4 Å². The van der Waals surface area contributed by atoms with E-state index < -0.39 is 0 Å². The summed E-state index contributed by atoms with van der Waals surface area (Å²) < 4.78 is 10.4. The highest BCUT2D eigenvalue weighted by Gasteiger charge is 2.12. The average molecular weight is 280 g/mol. The molecule has 1 atom stereocenters. The first-order valence-electron chi connectivity index (χ1n) is 6.90. The van der Waals surface area contributed by atoms with E-state index in [9.17, 15) is 4.79 Å². The van der Waals surface area contributed by atoms with E-state index in [1.165, 1.54) is 0 Å². The normalized spacial score (nSPS) is 11.9. The van der Waals surface area contributed by atoms with Gasteiger partial charge in [0.2, 0.25) is 5.91 Å². The van der Waals surface area contributed by atoms with Gasteiger partial charge in [-0.2, -0.15) is 0 Å². The molecule has 1 rings (SSSR count). The van der Waals surface area contributed by atoms with Crippen molar-refractivity contribution in [1.29, 1.82) is 0 Å². The van der Waals surface area contributed by atoms with E-state index in [1.54, 1.807) is 7.11 Å². The van der Waals surface area contributed by atoms with E-state index in [0.29, 0.717) is 19.8 Å². The van der Waals surface area contributed by atoms with E-state index in [1.807, 2.05) is 38.1 Å². The first-order chi connectivity index (χ1) is 9.67. The fourth-order valence-electron chi connectivity index (χ4n) is 1.63. The monoisotopic (exact) mass is 280 g/mol. The summed E-state index contributed by atoms with van der Waals surface area (Å²) in [7, 11) is 1.63. The Hall–Kier alpha value is -1.59. The predicted molar refractivity (Wildman–Crippen MR) is 80.2 cm³/mol. The van der Waals surface area contributed by atoms with Crippen LogP contribution in [0, 0.1) is 5.92 Å². The van der Waals surface area contributed by atoms with Crippen LogP contribution in [-0.4, -0.2) is 39.3 Å². The highest BCUT2D eigenvalue weighted by molar-refractivity contribution is 5.92. The molecule has 2 N–H and O–H groups in total. The molecule has 0 aliphatic rings. The van der Waals surface area contributed by atoms with Gasteiger partial charge in [-0.15, -0.1) is 0 Å². The van der Waals surface area contributed by atoms with Crippen LogP contribution < -0.4 is 15.4 Å². The predicted octanol–water partition coefficient (Wildman–Crippen LogP) is 1.90. The van der Waals surface area contributed by atoms with E-state index in [4.69, 9.17) is 9.47 Å². The lowest BCUT2D eigenvalue weighted by atomic mass is 10.1. The van der Waals surface area contributed by atoms with Crippen molar-refractivity contribution in [3.05, 3.63) is 24.3 Å². The summed E-state index contributed by atoms with van der Waals surface area (Å²) in [6.45, 7) is 6.48. The minimum atomic E-state index is -0.0759. The molecular weight excluding hydrogens is 256 g/mol. The Morgan fingerprint density at radius 3 is 2.85 bits per heavy atom. The molecule has 0 aromatic heterocycles. The molecule has 1 amide bonds. The first kappa shape index (κ1) is 16.5. The zero-order chi connectivity index (χ0) is 14.8. The van der Waals surface area contributed by atoms with Gasteiger partial charge in [-0.3, -0.25) is 4.79 Å². The van der Waals surface area contributed by atoms with Gasteiger partial charge in [0, 0.05) is 31.3 Å². The van der Waals surface area contributed by atoms with E-state index >= 15 is 0 Å². The molecule has 1 aromatic carbocycles. The van der Waals surface area contributed by atoms with Crippen molar-refractivity contribution in [2.24, 2.45) is 5.92 Å². The van der Waals surface area contributed by atoms with Gasteiger partial charge in [-0.1, -0.05) is 19.9 Å². The minimum Gasteiger partial charge on any atom is -0.491 e. The molecule has 112 valence electrons. The highest BCUT2D eigenvalue weighted by atomic mass is 16.5. The molecule has 0 heterocycles. The van der Waals surface area contributed by atoms with Crippen molar-refractivity contribution in [2.45, 2.75) is 13.8 Å². The molecule has 5 nitrogen and oxygen atoms in total. The van der Waals surface area contributed by atoms with Crippen LogP contribution in [0.15, 0.2) is 24.3 Å². The van der Waals surface area contributed by atoms with Crippen LogP contribution in [0.1, 0.15) is 13.8 Å². The van der Waals surface area contributed by atoms with Crippen molar-refractivity contribution in [3.63, 3.8) is 0 Å². The van der Waals surface area contributed by atoms with E-state index in [-0.39, 0.29) is 11.8 Å². The number of carbonyl (C=O) groups excluding carboxylic acids is 1. The third kappa shape index (κ3) is 6.04. The van der Waals surface area contributed by atoms with Gasteiger partial charge in [0.15, 0.2) is 0 Å². The van der Waals surface area contributed by atoms with Crippen molar-refractivity contribution in [2.75, 3.05) is 38.7 Å². The van der Waals surface area contributed by atoms with Crippen LogP contribution in [0.2, 0.25) is 0 Å². The lowest BCUT2D eigenvalue weighted by molar-refractivity contribution is -0.119. The summed E-state index contributed by atoms with van der Waals surface area (Å²) in [4.78, 5) is 12.0. The Labute approximate surface area is 120 Å². The second-order valence-corrected chi connectivity index (χ2v) is 4.57. The van der Waals surface area contributed by atoms with Gasteiger partial charge >= 0.3 is 0 Å². The minimum absolute atomic E-state index is 0.00000785. The van der Waals surface area contributed by atoms with Crippen LogP contribution in [0.5, 0.6) is 5.75 Å². The molecule has 0 saturated heterocycles. The maximum atomic E-state index is 12.0. The molecule has 5 heteroatoms. The molecular formula is C15H24N2O3. The zero-order valence-corrected chi connectivity index (χ0v) is 12.4. The summed E-state index contributed by atoms with van der Waals surface area (Å²) in [6.07, 6.45) is 0. The number of nitrogens with one attached hydrogen (secondary N) is 2. The molecule has 0 aliphatic heterocycles. The molecule has 1 unspecified atom stereocenters. The van der Waals surface area contributed by atoms with Crippen molar-refractivity contribution < 1.29 is 14.3 Å². The standard InChI is InChI=1S/C15H24N2O3/c1-4-16-11-12(2)15(18)17-13-6-5-7-14(10-13)20-9-8-19-3/h5-7,10,12,16H,4,8-9,11H2,1-3H3,(H,17,18). The third-order valence-electron chi connectivity index (χ3n) is 2.81. The third-order valence-corrected chi connectivity index (χ3v) is 2.81. The average Bonchev–Trinajstić information content (AvgIpc) is 2.45. The fraction of sp³-hybridized carbons (Fsp3) is 0.533. The topological polar surface area (TPSA) is 59.6 Å². The van der Waals surface area contributed by atoms with Gasteiger partial charge in [0.05, 0.1) is 6.61 Å². The Balaban J connectivity index is 2.50. The first-order valence-corrected chi connectivity index (χ1v) is 6.90. The number of hydrogen-bond donors (Lipinski definition) is 2. The maximum Gasteiger partial charge on any atom is 0.228 e. The largest absolute Gasteiger partial charge is 0.491 e. The lowest BCUT2D eigenvalue weighted by Crippen LogP contribution is -2.30. The number of methoxy groups -OCH3 is 1. The molecule has 0 fully saturated rings. The number of anilines is 1. The Morgan fingerprint density at radius 2 is 2.15 bits per heavy atom. The number of rotatable bonds is 9. The molecule has 20 heavy (non-hydrogen) atoms. The van der Waals surface area contributed by atoms with Crippen LogP contribution >= 0.6 is 0 Å². The van der Waals surface area contributed by atoms with Crippen LogP contribution in [-0.2, 0) is 9.53 Å². The summed E-state index contributed by atoms with van der Waals surface area (Å²) >= 11 is 0. The Kier molecular flexibility index (Phi) is 7.69. The van der Waals surface area contributed by atoms with Crippen LogP contribution in [0.4, 0.5) is 5.69 Å². The highest BCUT2D eigenvalue weighted by Crippen LogP contribution is 2.17. The molecule has 1 aromatic rings. The van der Waals surface area contributed by atoms with Crippen LogP contribution in [0.25, 0.3) is 0 Å². The Bertz CT molecular complexity index is 410.